The molecule has 15 heavy (non-hydrogen) atoms. The van der Waals surface area contributed by atoms with E-state index in [-0.39, 0.29) is 5.82 Å². The second kappa shape index (κ2) is 4.09. The largest absolute Gasteiger partial charge is 0.241 e. The van der Waals surface area contributed by atoms with Crippen molar-refractivity contribution in [2.75, 3.05) is 0 Å². The smallest absolute Gasteiger partial charge is 0.123 e. The zero-order valence-electron chi connectivity index (χ0n) is 8.23. The molecule has 76 valence electrons. The lowest BCUT2D eigenvalue weighted by atomic mass is 10.1. The molecule has 2 aromatic rings. The first-order valence-corrected chi connectivity index (χ1v) is 4.70. The van der Waals surface area contributed by atoms with Crippen molar-refractivity contribution < 1.29 is 4.39 Å². The minimum absolute atomic E-state index is 0.234. The number of aromatic nitrogens is 2. The summed E-state index contributed by atoms with van der Waals surface area (Å²) >= 11 is 0. The molecule has 0 spiro atoms. The average molecular weight is 202 g/mol. The molecule has 1 aromatic carbocycles. The topological polar surface area (TPSA) is 17.8 Å². The van der Waals surface area contributed by atoms with Crippen LogP contribution >= 0.6 is 0 Å². The average Bonchev–Trinajstić information content (AvgIpc) is 2.71. The number of allylic oxidation sites excluding steroid dienone is 1. The lowest BCUT2D eigenvalue weighted by molar-refractivity contribution is 0.625. The first-order valence-electron chi connectivity index (χ1n) is 4.70. The predicted octanol–water partition coefficient (Wildman–Crippen LogP) is 2.74. The second-order valence-electron chi connectivity index (χ2n) is 3.22. The summed E-state index contributed by atoms with van der Waals surface area (Å²) in [6.07, 6.45) is 5.91. The zero-order chi connectivity index (χ0) is 10.7. The fourth-order valence-corrected chi connectivity index (χ4v) is 1.51. The molecule has 2 nitrogen and oxygen atoms in total. The van der Waals surface area contributed by atoms with Crippen molar-refractivity contribution in [1.82, 2.24) is 9.78 Å². The Labute approximate surface area is 87.7 Å². The van der Waals surface area contributed by atoms with Crippen molar-refractivity contribution in [2.45, 2.75) is 6.42 Å². The van der Waals surface area contributed by atoms with Gasteiger partial charge in [0.15, 0.2) is 0 Å². The molecule has 2 rings (SSSR count). The third kappa shape index (κ3) is 1.96. The van der Waals surface area contributed by atoms with Gasteiger partial charge in [0.2, 0.25) is 0 Å². The highest BCUT2D eigenvalue weighted by molar-refractivity contribution is 5.41. The van der Waals surface area contributed by atoms with Crippen LogP contribution in [0.15, 0.2) is 49.3 Å². The summed E-state index contributed by atoms with van der Waals surface area (Å²) in [5, 5.41) is 4.12. The van der Waals surface area contributed by atoms with Crippen LogP contribution in [0, 0.1) is 5.82 Å². The summed E-state index contributed by atoms with van der Waals surface area (Å²) in [6.45, 7) is 3.66. The van der Waals surface area contributed by atoms with Gasteiger partial charge in [0.25, 0.3) is 0 Å². The number of benzene rings is 1. The lowest BCUT2D eigenvalue weighted by Crippen LogP contribution is -2.00. The Balaban J connectivity index is 2.50. The number of hydrogen-bond donors (Lipinski definition) is 0. The summed E-state index contributed by atoms with van der Waals surface area (Å²) in [7, 11) is 0. The van der Waals surface area contributed by atoms with Crippen molar-refractivity contribution in [1.29, 1.82) is 0 Å². The van der Waals surface area contributed by atoms with Crippen LogP contribution < -0.4 is 0 Å². The Morgan fingerprint density at radius 3 is 3.00 bits per heavy atom. The van der Waals surface area contributed by atoms with Crippen molar-refractivity contribution in [3.05, 3.63) is 60.7 Å². The number of halogens is 1. The van der Waals surface area contributed by atoms with Gasteiger partial charge in [0, 0.05) is 12.4 Å². The molecule has 0 aliphatic heterocycles. The molecule has 0 aliphatic rings. The molecule has 0 unspecified atom stereocenters. The van der Waals surface area contributed by atoms with E-state index in [4.69, 9.17) is 0 Å². The molecule has 0 aliphatic carbocycles. The Bertz CT molecular complexity index is 460. The third-order valence-corrected chi connectivity index (χ3v) is 2.16. The maximum absolute atomic E-state index is 13.0. The Morgan fingerprint density at radius 1 is 1.47 bits per heavy atom. The maximum Gasteiger partial charge on any atom is 0.123 e. The molecule has 0 atom stereocenters. The minimum atomic E-state index is -0.234. The molecule has 1 heterocycles. The van der Waals surface area contributed by atoms with E-state index in [0.29, 0.717) is 6.42 Å². The molecule has 0 amide bonds. The summed E-state index contributed by atoms with van der Waals surface area (Å²) in [5.74, 6) is -0.234. The second-order valence-corrected chi connectivity index (χ2v) is 3.22. The van der Waals surface area contributed by atoms with Crippen LogP contribution in [0.3, 0.4) is 0 Å². The quantitative estimate of drug-likeness (QED) is 0.700. The first kappa shape index (κ1) is 9.65. The van der Waals surface area contributed by atoms with Gasteiger partial charge in [-0.15, -0.1) is 6.58 Å². The number of nitrogens with zero attached hydrogens (tertiary/aromatic N) is 2. The molecular formula is C12H11FN2. The van der Waals surface area contributed by atoms with Crippen LogP contribution in [-0.2, 0) is 6.42 Å². The van der Waals surface area contributed by atoms with Gasteiger partial charge >= 0.3 is 0 Å². The summed E-state index contributed by atoms with van der Waals surface area (Å²) < 4.78 is 14.8. The van der Waals surface area contributed by atoms with Gasteiger partial charge in [-0.1, -0.05) is 6.08 Å². The van der Waals surface area contributed by atoms with Crippen LogP contribution in [0.4, 0.5) is 4.39 Å². The highest BCUT2D eigenvalue weighted by atomic mass is 19.1. The summed E-state index contributed by atoms with van der Waals surface area (Å²) in [4.78, 5) is 0. The summed E-state index contributed by atoms with van der Waals surface area (Å²) in [5.41, 5.74) is 1.77. The van der Waals surface area contributed by atoms with Crippen molar-refractivity contribution in [3.63, 3.8) is 0 Å². The van der Waals surface area contributed by atoms with Crippen LogP contribution in [0.1, 0.15) is 5.56 Å². The maximum atomic E-state index is 13.0. The fraction of sp³-hybridized carbons (Fsp3) is 0.0833. The van der Waals surface area contributed by atoms with Gasteiger partial charge < -0.3 is 0 Å². The molecular weight excluding hydrogens is 191 g/mol. The van der Waals surface area contributed by atoms with E-state index in [2.05, 4.69) is 11.7 Å². The van der Waals surface area contributed by atoms with Crippen LogP contribution in [0.2, 0.25) is 0 Å². The predicted molar refractivity (Wildman–Crippen MR) is 57.4 cm³/mol. The molecule has 0 bridgehead atoms. The standard InChI is InChI=1S/C12H11FN2/c1-2-4-10-9-11(13)5-6-12(10)15-8-3-7-14-15/h2-3,5-9H,1,4H2. The van der Waals surface area contributed by atoms with E-state index in [1.54, 1.807) is 23.0 Å². The SMILES string of the molecule is C=CCc1cc(F)ccc1-n1cccn1. The van der Waals surface area contributed by atoms with Gasteiger partial charge in [-0.3, -0.25) is 0 Å². The van der Waals surface area contributed by atoms with Crippen molar-refractivity contribution in [2.24, 2.45) is 0 Å². The van der Waals surface area contributed by atoms with Gasteiger partial charge in [0.05, 0.1) is 5.69 Å². The third-order valence-electron chi connectivity index (χ3n) is 2.16. The molecule has 0 N–H and O–H groups in total. The molecule has 0 fully saturated rings. The zero-order valence-corrected chi connectivity index (χ0v) is 8.23. The highest BCUT2D eigenvalue weighted by Gasteiger charge is 2.04. The van der Waals surface area contributed by atoms with Gasteiger partial charge in [-0.25, -0.2) is 9.07 Å². The van der Waals surface area contributed by atoms with Crippen LogP contribution in [0.25, 0.3) is 5.69 Å². The monoisotopic (exact) mass is 202 g/mol. The molecule has 0 saturated carbocycles. The van der Waals surface area contributed by atoms with Crippen molar-refractivity contribution >= 4 is 0 Å². The Kier molecular flexibility index (Phi) is 2.63. The van der Waals surface area contributed by atoms with E-state index in [1.807, 2.05) is 12.3 Å². The van der Waals surface area contributed by atoms with Gasteiger partial charge in [-0.2, -0.15) is 5.10 Å². The van der Waals surface area contributed by atoms with Gasteiger partial charge in [-0.05, 0) is 36.2 Å². The Hall–Kier alpha value is -1.90. The lowest BCUT2D eigenvalue weighted by Gasteiger charge is -2.07. The number of hydrogen-bond acceptors (Lipinski definition) is 1. The molecule has 0 saturated heterocycles. The van der Waals surface area contributed by atoms with E-state index in [9.17, 15) is 4.39 Å². The van der Waals surface area contributed by atoms with E-state index in [0.717, 1.165) is 11.3 Å². The van der Waals surface area contributed by atoms with E-state index < -0.39 is 0 Å². The minimum Gasteiger partial charge on any atom is -0.241 e. The van der Waals surface area contributed by atoms with Crippen LogP contribution in [0.5, 0.6) is 0 Å². The first-order chi connectivity index (χ1) is 7.31. The number of rotatable bonds is 3. The summed E-state index contributed by atoms with van der Waals surface area (Å²) in [6, 6.07) is 6.50. The molecule has 1 aromatic heterocycles. The van der Waals surface area contributed by atoms with Crippen LogP contribution in [-0.4, -0.2) is 9.78 Å². The van der Waals surface area contributed by atoms with E-state index >= 15 is 0 Å². The van der Waals surface area contributed by atoms with Crippen molar-refractivity contribution in [3.8, 4) is 5.69 Å². The van der Waals surface area contributed by atoms with Gasteiger partial charge in [0.1, 0.15) is 5.82 Å². The molecule has 3 heteroatoms. The highest BCUT2D eigenvalue weighted by Crippen LogP contribution is 2.16. The van der Waals surface area contributed by atoms with E-state index in [1.165, 1.54) is 12.1 Å². The normalized spacial score (nSPS) is 10.2. The fourth-order valence-electron chi connectivity index (χ4n) is 1.51. The molecule has 0 radical (unpaired) electrons. The Morgan fingerprint density at radius 2 is 2.33 bits per heavy atom.